The van der Waals surface area contributed by atoms with Gasteiger partial charge in [-0.25, -0.2) is 44.9 Å². The van der Waals surface area contributed by atoms with Crippen molar-refractivity contribution in [1.29, 1.82) is 0 Å². The summed E-state index contributed by atoms with van der Waals surface area (Å²) in [6.45, 7) is 0. The van der Waals surface area contributed by atoms with E-state index in [0.29, 0.717) is 52.4 Å². The molecule has 0 N–H and O–H groups in total. The van der Waals surface area contributed by atoms with E-state index in [1.54, 1.807) is 0 Å². The van der Waals surface area contributed by atoms with Crippen molar-refractivity contribution < 1.29 is 8.83 Å². The maximum atomic E-state index is 6.33. The van der Waals surface area contributed by atoms with Crippen molar-refractivity contribution in [3.8, 4) is 158 Å². The molecular formula is C130H79N9O2S. The summed E-state index contributed by atoms with van der Waals surface area (Å²) in [5.41, 5.74) is 28.9. The Labute approximate surface area is 820 Å². The number of fused-ring (bicyclic) bond motifs is 25. The summed E-state index contributed by atoms with van der Waals surface area (Å²) in [6.07, 6.45) is 0. The fourth-order valence-electron chi connectivity index (χ4n) is 21.3. The molecule has 2 aliphatic rings. The van der Waals surface area contributed by atoms with E-state index in [4.69, 9.17) is 53.7 Å². The van der Waals surface area contributed by atoms with E-state index in [1.165, 1.54) is 81.0 Å². The topological polar surface area (TPSA) is 142 Å². The summed E-state index contributed by atoms with van der Waals surface area (Å²) in [4.78, 5) is 44.8. The van der Waals surface area contributed by atoms with Gasteiger partial charge in [0, 0.05) is 108 Å². The molecule has 27 aromatic rings. The van der Waals surface area contributed by atoms with E-state index in [0.717, 1.165) is 143 Å². The number of furan rings is 2. The Morgan fingerprint density at radius 1 is 0.155 bits per heavy atom. The zero-order chi connectivity index (χ0) is 93.7. The summed E-state index contributed by atoms with van der Waals surface area (Å²) < 4.78 is 15.3. The van der Waals surface area contributed by atoms with E-state index in [1.807, 2.05) is 175 Å². The van der Waals surface area contributed by atoms with Gasteiger partial charge in [-0.05, 0) is 137 Å². The van der Waals surface area contributed by atoms with Crippen LogP contribution in [0, 0.1) is 0 Å². The molecule has 0 unspecified atom stereocenters. The molecule has 0 amide bonds. The molecule has 0 bridgehead atoms. The molecule has 0 atom stereocenters. The predicted molar refractivity (Wildman–Crippen MR) is 581 cm³/mol. The minimum atomic E-state index is -0.451. The number of nitrogens with zero attached hydrogens (tertiary/aromatic N) is 9. The second-order valence-electron chi connectivity index (χ2n) is 36.0. The van der Waals surface area contributed by atoms with Gasteiger partial charge < -0.3 is 8.83 Å². The maximum absolute atomic E-state index is 6.33. The van der Waals surface area contributed by atoms with Crippen LogP contribution in [0.4, 0.5) is 0 Å². The van der Waals surface area contributed by atoms with Gasteiger partial charge in [0.2, 0.25) is 0 Å². The van der Waals surface area contributed by atoms with Crippen molar-refractivity contribution in [2.45, 2.75) is 5.41 Å². The van der Waals surface area contributed by atoms with Crippen LogP contribution in [0.5, 0.6) is 0 Å². The van der Waals surface area contributed by atoms with Crippen molar-refractivity contribution in [2.24, 2.45) is 0 Å². The third-order valence-electron chi connectivity index (χ3n) is 27.9. The number of benzene rings is 21. The van der Waals surface area contributed by atoms with Crippen LogP contribution in [0.15, 0.2) is 488 Å². The van der Waals surface area contributed by atoms with Crippen LogP contribution >= 0.6 is 11.3 Å². The van der Waals surface area contributed by atoms with Crippen molar-refractivity contribution in [3.05, 3.63) is 501 Å². The van der Waals surface area contributed by atoms with Crippen molar-refractivity contribution in [3.63, 3.8) is 0 Å². The highest BCUT2D eigenvalue weighted by Crippen LogP contribution is 2.63. The molecule has 0 saturated heterocycles. The fourth-order valence-corrected chi connectivity index (χ4v) is 22.5. The maximum Gasteiger partial charge on any atom is 0.164 e. The van der Waals surface area contributed by atoms with E-state index < -0.39 is 5.41 Å². The largest absolute Gasteiger partial charge is 0.455 e. The van der Waals surface area contributed by atoms with Crippen molar-refractivity contribution in [1.82, 2.24) is 44.9 Å². The molecule has 6 aromatic heterocycles. The minimum absolute atomic E-state index is 0.451. The summed E-state index contributed by atoms with van der Waals surface area (Å²) in [5.74, 6) is 5.84. The lowest BCUT2D eigenvalue weighted by Gasteiger charge is -2.30. The Morgan fingerprint density at radius 3 is 0.831 bits per heavy atom. The number of thiophene rings is 1. The van der Waals surface area contributed by atoms with Gasteiger partial charge in [-0.15, -0.1) is 11.3 Å². The molecule has 12 heteroatoms. The van der Waals surface area contributed by atoms with Crippen LogP contribution in [0.3, 0.4) is 0 Å². The number of rotatable bonds is 12. The highest BCUT2D eigenvalue weighted by molar-refractivity contribution is 7.26. The Kier molecular flexibility index (Phi) is 20.1. The molecule has 0 saturated carbocycles. The molecule has 6 heterocycles. The summed E-state index contributed by atoms with van der Waals surface area (Å²) in [7, 11) is 0. The molecule has 662 valence electrons. The van der Waals surface area contributed by atoms with Gasteiger partial charge in [0.25, 0.3) is 0 Å². The third kappa shape index (κ3) is 14.2. The molecular weight excluding hydrogens is 1750 g/mol. The van der Waals surface area contributed by atoms with Gasteiger partial charge in [-0.2, -0.15) is 0 Å². The molecule has 2 aliphatic carbocycles. The summed E-state index contributed by atoms with van der Waals surface area (Å²) in [5, 5.41) is 14.2. The summed E-state index contributed by atoms with van der Waals surface area (Å²) in [6, 6.07) is 167. The Bertz CT molecular complexity index is 9490. The van der Waals surface area contributed by atoms with Crippen LogP contribution < -0.4 is 0 Å². The van der Waals surface area contributed by atoms with Crippen molar-refractivity contribution in [2.75, 3.05) is 0 Å². The van der Waals surface area contributed by atoms with E-state index >= 15 is 0 Å². The average Bonchev–Trinajstić information content (AvgIpc) is 1.50. The quantitative estimate of drug-likeness (QED) is 0.115. The predicted octanol–water partition coefficient (Wildman–Crippen LogP) is 33.6. The average molecular weight is 1830 g/mol. The molecule has 0 fully saturated rings. The first kappa shape index (κ1) is 82.7. The Hall–Kier alpha value is -18.8. The molecule has 0 radical (unpaired) electrons. The summed E-state index contributed by atoms with van der Waals surface area (Å²) >= 11 is 1.87. The Morgan fingerprint density at radius 2 is 0.408 bits per heavy atom. The van der Waals surface area contributed by atoms with Gasteiger partial charge in [0.05, 0.1) is 5.41 Å². The molecule has 1 spiro atoms. The first-order valence-electron chi connectivity index (χ1n) is 47.7. The third-order valence-corrected chi connectivity index (χ3v) is 29.1. The van der Waals surface area contributed by atoms with Gasteiger partial charge in [0.1, 0.15) is 22.3 Å². The standard InChI is InChI=1S/C56H33N3S.2C37H23N3O/c1-2-13-35(14-3-1)53-57-54(36-27-25-34(26-28-36)38-19-12-20-45-39(38)31-32-46-44-18-7-11-24-51(44)60-52(45)46)59-55(58-53)37-29-30-43-42-17-6-10-23-49(42)56(50(43)33-37)47-21-8-4-15-40(47)41-16-5-9-22-48(41)56;1-3-11-24(12-4-1)35-38-36(25-13-5-2-6-14-25)40-37(39-35)27-16-9-15-26(23-27)28-18-10-19-31-29(28)21-22-32-30-17-7-8-20-33(30)41-34(31)32;1-3-10-25(11-4-1)35-38-36(26-12-5-2-6-13-26)40-37(39-35)27-20-18-24(19-21-27)28-15-9-16-31-29(28)22-23-32-30-14-7-8-17-33(30)41-34(31)32/h1-33H;2*1-23H. The SMILES string of the molecule is c1ccc(-c2nc(-c3ccc(-c4cccc5c4ccc4c6ccccc6sc54)cc3)nc(-c3ccc4c(c3)C3(c5ccccc5-c5ccccc53)c3ccccc3-4)n2)cc1.c1ccc(-c2nc(-c3ccccc3)nc(-c3ccc(-c4cccc5c4ccc4c6ccccc6oc54)cc3)n2)cc1.c1ccc(-c2nc(-c3ccccc3)nc(-c3cccc(-c4cccc5c4ccc4c6ccccc6oc54)c3)n2)cc1. The second-order valence-corrected chi connectivity index (χ2v) is 37.0. The molecule has 142 heavy (non-hydrogen) atoms. The van der Waals surface area contributed by atoms with E-state index in [2.05, 4.69) is 315 Å². The molecule has 29 rings (SSSR count). The highest BCUT2D eigenvalue weighted by atomic mass is 32.1. The van der Waals surface area contributed by atoms with Gasteiger partial charge in [-0.1, -0.05) is 437 Å². The fraction of sp³-hybridized carbons (Fsp3) is 0.00769. The normalized spacial score (nSPS) is 12.1. The van der Waals surface area contributed by atoms with Gasteiger partial charge >= 0.3 is 0 Å². The van der Waals surface area contributed by atoms with Crippen LogP contribution in [0.2, 0.25) is 0 Å². The van der Waals surface area contributed by atoms with Crippen LogP contribution in [-0.2, 0) is 5.41 Å². The second kappa shape index (κ2) is 34.5. The number of hydrogen-bond donors (Lipinski definition) is 0. The molecule has 0 aliphatic heterocycles. The lowest BCUT2D eigenvalue weighted by molar-refractivity contribution is 0.672. The van der Waals surface area contributed by atoms with E-state index in [9.17, 15) is 0 Å². The first-order chi connectivity index (χ1) is 70.4. The zero-order valence-corrected chi connectivity index (χ0v) is 77.2. The first-order valence-corrected chi connectivity index (χ1v) is 48.5. The molecule has 11 nitrogen and oxygen atoms in total. The van der Waals surface area contributed by atoms with Crippen molar-refractivity contribution >= 4 is 108 Å². The van der Waals surface area contributed by atoms with Gasteiger partial charge in [0.15, 0.2) is 52.4 Å². The monoisotopic (exact) mass is 1830 g/mol. The Balaban J connectivity index is 0.000000110. The number of hydrogen-bond acceptors (Lipinski definition) is 12. The van der Waals surface area contributed by atoms with Crippen LogP contribution in [-0.4, -0.2) is 44.9 Å². The minimum Gasteiger partial charge on any atom is -0.455 e. The van der Waals surface area contributed by atoms with Gasteiger partial charge in [-0.3, -0.25) is 0 Å². The highest BCUT2D eigenvalue weighted by Gasteiger charge is 2.52. The number of aromatic nitrogens is 9. The van der Waals surface area contributed by atoms with Crippen LogP contribution in [0.25, 0.3) is 254 Å². The lowest BCUT2D eigenvalue weighted by atomic mass is 9.70. The zero-order valence-electron chi connectivity index (χ0n) is 76.4. The smallest absolute Gasteiger partial charge is 0.164 e. The number of para-hydroxylation sites is 2. The lowest BCUT2D eigenvalue weighted by Crippen LogP contribution is -2.25. The van der Waals surface area contributed by atoms with E-state index in [-0.39, 0.29) is 0 Å². The van der Waals surface area contributed by atoms with Crippen LogP contribution in [0.1, 0.15) is 22.3 Å². The molecule has 21 aromatic carbocycles.